The average Bonchev–Trinajstić information content (AvgIpc) is 3.12. The maximum absolute atomic E-state index is 6.63. The van der Waals surface area contributed by atoms with Crippen LogP contribution in [-0.4, -0.2) is 15.0 Å². The molecule has 1 atom stereocenters. The van der Waals surface area contributed by atoms with Gasteiger partial charge in [0.15, 0.2) is 17.5 Å². The van der Waals surface area contributed by atoms with Crippen LogP contribution in [0.2, 0.25) is 0 Å². The monoisotopic (exact) mass is 579 g/mol. The second-order valence-electron chi connectivity index (χ2n) is 11.2. The van der Waals surface area contributed by atoms with E-state index in [1.807, 2.05) is 103 Å². The summed E-state index contributed by atoms with van der Waals surface area (Å²) in [5, 5.41) is 0. The van der Waals surface area contributed by atoms with Gasteiger partial charge >= 0.3 is 0 Å². The highest BCUT2D eigenvalue weighted by molar-refractivity contribution is 5.78. The minimum atomic E-state index is -0.691. The molecule has 1 unspecified atom stereocenters. The summed E-state index contributed by atoms with van der Waals surface area (Å²) in [6.45, 7) is 0. The Morgan fingerprint density at radius 1 is 0.378 bits per heavy atom. The van der Waals surface area contributed by atoms with Gasteiger partial charge in [-0.15, -0.1) is 0 Å². The Balaban J connectivity index is 1.33. The summed E-state index contributed by atoms with van der Waals surface area (Å²) in [7, 11) is 0. The SMILES string of the molecule is c1ccc(-c2nc(-c3ccccc3)nc(-c3ccc4c(c3)C3(c5ccccc5)c5ccccc5Oc5cccc(c53)O4)n2)cc1. The highest BCUT2D eigenvalue weighted by atomic mass is 16.5. The van der Waals surface area contributed by atoms with Gasteiger partial charge < -0.3 is 9.47 Å². The Labute approximate surface area is 260 Å². The first-order chi connectivity index (χ1) is 22.3. The molecule has 212 valence electrons. The number of nitrogens with zero attached hydrogens (tertiary/aromatic N) is 3. The lowest BCUT2D eigenvalue weighted by Crippen LogP contribution is -2.37. The van der Waals surface area contributed by atoms with Crippen molar-refractivity contribution in [1.82, 2.24) is 15.0 Å². The van der Waals surface area contributed by atoms with E-state index in [9.17, 15) is 0 Å². The highest BCUT2D eigenvalue weighted by Gasteiger charge is 2.51. The zero-order valence-corrected chi connectivity index (χ0v) is 24.1. The Bertz CT molecular complexity index is 2150. The van der Waals surface area contributed by atoms with E-state index in [0.29, 0.717) is 17.5 Å². The zero-order chi connectivity index (χ0) is 29.8. The number of hydrogen-bond acceptors (Lipinski definition) is 5. The molecule has 0 fully saturated rings. The molecule has 45 heavy (non-hydrogen) atoms. The van der Waals surface area contributed by atoms with Gasteiger partial charge in [-0.3, -0.25) is 0 Å². The average molecular weight is 580 g/mol. The number of fused-ring (bicyclic) bond motifs is 4. The van der Waals surface area contributed by atoms with Crippen LogP contribution in [-0.2, 0) is 5.41 Å². The molecule has 0 N–H and O–H groups in total. The van der Waals surface area contributed by atoms with Gasteiger partial charge in [0, 0.05) is 27.8 Å². The molecular weight excluding hydrogens is 554 g/mol. The summed E-state index contributed by atoms with van der Waals surface area (Å²) in [5.74, 6) is 5.00. The van der Waals surface area contributed by atoms with Crippen LogP contribution < -0.4 is 9.47 Å². The van der Waals surface area contributed by atoms with Crippen LogP contribution in [0.15, 0.2) is 152 Å². The van der Waals surface area contributed by atoms with E-state index in [1.54, 1.807) is 0 Å². The van der Waals surface area contributed by atoms with Gasteiger partial charge in [0.2, 0.25) is 0 Å². The number of rotatable bonds is 4. The lowest BCUT2D eigenvalue weighted by molar-refractivity contribution is 0.385. The third-order valence-corrected chi connectivity index (χ3v) is 8.64. The molecule has 0 aliphatic carbocycles. The molecule has 2 aliphatic heterocycles. The second kappa shape index (κ2) is 10.00. The molecule has 7 aromatic rings. The quantitative estimate of drug-likeness (QED) is 0.208. The molecule has 0 amide bonds. The van der Waals surface area contributed by atoms with E-state index in [4.69, 9.17) is 24.4 Å². The van der Waals surface area contributed by atoms with Crippen molar-refractivity contribution < 1.29 is 9.47 Å². The van der Waals surface area contributed by atoms with E-state index in [1.165, 1.54) is 0 Å². The standard InChI is InChI=1S/C40H25N3O2/c1-4-13-26(14-5-1)37-41-38(27-15-6-2-7-16-27)43-39(42-37)28-23-24-33-31(25-28)40(29-17-8-3-9-18-29)30-19-10-11-20-32(30)44-34-21-12-22-35(45-33)36(34)40/h1-25H. The molecule has 0 bridgehead atoms. The topological polar surface area (TPSA) is 57.1 Å². The smallest absolute Gasteiger partial charge is 0.164 e. The molecule has 6 aromatic carbocycles. The summed E-state index contributed by atoms with van der Waals surface area (Å²) in [4.78, 5) is 15.0. The lowest BCUT2D eigenvalue weighted by Gasteiger charge is -2.45. The van der Waals surface area contributed by atoms with Gasteiger partial charge in [0.05, 0.1) is 11.0 Å². The summed E-state index contributed by atoms with van der Waals surface area (Å²) >= 11 is 0. The van der Waals surface area contributed by atoms with E-state index in [0.717, 1.165) is 61.9 Å². The fourth-order valence-corrected chi connectivity index (χ4v) is 6.70. The molecule has 0 spiro atoms. The van der Waals surface area contributed by atoms with Crippen LogP contribution >= 0.6 is 0 Å². The van der Waals surface area contributed by atoms with E-state index in [-0.39, 0.29) is 0 Å². The molecule has 5 heteroatoms. The number of para-hydroxylation sites is 1. The third kappa shape index (κ3) is 3.91. The van der Waals surface area contributed by atoms with Gasteiger partial charge in [-0.1, -0.05) is 115 Å². The maximum atomic E-state index is 6.63. The van der Waals surface area contributed by atoms with Crippen molar-refractivity contribution in [3.8, 4) is 57.2 Å². The maximum Gasteiger partial charge on any atom is 0.164 e. The van der Waals surface area contributed by atoms with Crippen LogP contribution in [0.1, 0.15) is 22.3 Å². The molecule has 1 aromatic heterocycles. The zero-order valence-electron chi connectivity index (χ0n) is 24.1. The molecule has 2 aliphatic rings. The number of hydrogen-bond donors (Lipinski definition) is 0. The lowest BCUT2D eigenvalue weighted by atomic mass is 9.62. The Morgan fingerprint density at radius 2 is 0.867 bits per heavy atom. The van der Waals surface area contributed by atoms with E-state index < -0.39 is 5.41 Å². The van der Waals surface area contributed by atoms with Crippen LogP contribution in [0.4, 0.5) is 0 Å². The molecule has 5 nitrogen and oxygen atoms in total. The van der Waals surface area contributed by atoms with Crippen molar-refractivity contribution in [3.63, 3.8) is 0 Å². The summed E-state index contributed by atoms with van der Waals surface area (Å²) in [6.07, 6.45) is 0. The summed E-state index contributed by atoms with van der Waals surface area (Å²) in [6, 6.07) is 51.3. The summed E-state index contributed by atoms with van der Waals surface area (Å²) < 4.78 is 13.1. The first kappa shape index (κ1) is 25.4. The van der Waals surface area contributed by atoms with Gasteiger partial charge in [-0.2, -0.15) is 0 Å². The fraction of sp³-hybridized carbons (Fsp3) is 0.0250. The van der Waals surface area contributed by atoms with Gasteiger partial charge in [-0.25, -0.2) is 15.0 Å². The molecule has 3 heterocycles. The van der Waals surface area contributed by atoms with Crippen LogP contribution in [0.5, 0.6) is 23.0 Å². The van der Waals surface area contributed by atoms with Gasteiger partial charge in [0.25, 0.3) is 0 Å². The van der Waals surface area contributed by atoms with Crippen molar-refractivity contribution in [3.05, 3.63) is 174 Å². The molecule has 0 saturated carbocycles. The number of aromatic nitrogens is 3. The van der Waals surface area contributed by atoms with E-state index in [2.05, 4.69) is 48.5 Å². The predicted octanol–water partition coefficient (Wildman–Crippen LogP) is 9.47. The van der Waals surface area contributed by atoms with Crippen molar-refractivity contribution >= 4 is 0 Å². The molecular formula is C40H25N3O2. The van der Waals surface area contributed by atoms with Crippen molar-refractivity contribution in [2.24, 2.45) is 0 Å². The minimum Gasteiger partial charge on any atom is -0.457 e. The Morgan fingerprint density at radius 3 is 1.49 bits per heavy atom. The molecule has 0 radical (unpaired) electrons. The van der Waals surface area contributed by atoms with Crippen LogP contribution in [0, 0.1) is 0 Å². The highest BCUT2D eigenvalue weighted by Crippen LogP contribution is 2.62. The largest absolute Gasteiger partial charge is 0.457 e. The first-order valence-electron chi connectivity index (χ1n) is 14.9. The van der Waals surface area contributed by atoms with E-state index >= 15 is 0 Å². The normalized spacial score (nSPS) is 15.6. The number of benzene rings is 6. The summed E-state index contributed by atoms with van der Waals surface area (Å²) in [5.41, 5.74) is 6.22. The molecule has 9 rings (SSSR count). The van der Waals surface area contributed by atoms with Gasteiger partial charge in [-0.05, 0) is 42.0 Å². The van der Waals surface area contributed by atoms with Crippen LogP contribution in [0.3, 0.4) is 0 Å². The van der Waals surface area contributed by atoms with Crippen molar-refractivity contribution in [2.75, 3.05) is 0 Å². The Hall–Kier alpha value is -6.07. The minimum absolute atomic E-state index is 0.591. The fourth-order valence-electron chi connectivity index (χ4n) is 6.70. The molecule has 0 saturated heterocycles. The van der Waals surface area contributed by atoms with Crippen molar-refractivity contribution in [2.45, 2.75) is 5.41 Å². The Kier molecular flexibility index (Phi) is 5.65. The second-order valence-corrected chi connectivity index (χ2v) is 11.2. The van der Waals surface area contributed by atoms with Gasteiger partial charge in [0.1, 0.15) is 23.0 Å². The third-order valence-electron chi connectivity index (χ3n) is 8.64. The van der Waals surface area contributed by atoms with Crippen LogP contribution in [0.25, 0.3) is 34.2 Å². The first-order valence-corrected chi connectivity index (χ1v) is 14.9. The van der Waals surface area contributed by atoms with Crippen molar-refractivity contribution in [1.29, 1.82) is 0 Å². The predicted molar refractivity (Wildman–Crippen MR) is 175 cm³/mol. The number of ether oxygens (including phenoxy) is 2.